The zero-order valence-electron chi connectivity index (χ0n) is 7.76. The highest BCUT2D eigenvalue weighted by Gasteiger charge is 2.10. The van der Waals surface area contributed by atoms with Crippen molar-refractivity contribution in [3.05, 3.63) is 0 Å². The lowest BCUT2D eigenvalue weighted by molar-refractivity contribution is 0.0364. The maximum absolute atomic E-state index is 10.2. The van der Waals surface area contributed by atoms with E-state index in [2.05, 4.69) is 0 Å². The third-order valence-electron chi connectivity index (χ3n) is 1.51. The predicted molar refractivity (Wildman–Crippen MR) is 46.0 cm³/mol. The minimum Gasteiger partial charge on any atom is -0.746 e. The van der Waals surface area contributed by atoms with Crippen LogP contribution in [-0.2, 0) is 14.9 Å². The Balaban J connectivity index is 3.86. The fourth-order valence-corrected chi connectivity index (χ4v) is 1.27. The van der Waals surface area contributed by atoms with E-state index in [1.165, 1.54) is 0 Å². The van der Waals surface area contributed by atoms with Crippen molar-refractivity contribution in [1.82, 2.24) is 0 Å². The van der Waals surface area contributed by atoms with Crippen LogP contribution in [0.4, 0.5) is 0 Å². The molecule has 0 aromatic heterocycles. The lowest BCUT2D eigenvalue weighted by Gasteiger charge is -2.18. The molecule has 0 bridgehead atoms. The van der Waals surface area contributed by atoms with Crippen LogP contribution < -0.4 is 0 Å². The summed E-state index contributed by atoms with van der Waals surface area (Å²) in [6.45, 7) is 3.38. The summed E-state index contributed by atoms with van der Waals surface area (Å²) in [4.78, 5) is 0. The van der Waals surface area contributed by atoms with Crippen LogP contribution in [0.5, 0.6) is 0 Å². The molecule has 0 aromatic rings. The maximum atomic E-state index is 10.2. The van der Waals surface area contributed by atoms with Gasteiger partial charge in [0.2, 0.25) is 0 Å². The molecule has 5 nitrogen and oxygen atoms in total. The Morgan fingerprint density at radius 2 is 2.08 bits per heavy atom. The lowest BCUT2D eigenvalue weighted by Crippen LogP contribution is -2.21. The van der Waals surface area contributed by atoms with Crippen molar-refractivity contribution in [3.63, 3.8) is 0 Å². The first kappa shape index (κ1) is 12.8. The van der Waals surface area contributed by atoms with Crippen LogP contribution in [0.1, 0.15) is 26.7 Å². The van der Waals surface area contributed by atoms with Gasteiger partial charge in [-0.25, -0.2) is 8.42 Å². The molecular formula is C7H15O5S-. The normalized spacial score (nSPS) is 16.9. The van der Waals surface area contributed by atoms with E-state index in [0.717, 1.165) is 0 Å². The summed E-state index contributed by atoms with van der Waals surface area (Å²) in [6.07, 6.45) is -0.0186. The number of aliphatic hydroxyl groups excluding tert-OH is 1. The molecule has 0 spiro atoms. The minimum atomic E-state index is -4.32. The van der Waals surface area contributed by atoms with Gasteiger partial charge >= 0.3 is 0 Å². The van der Waals surface area contributed by atoms with Crippen molar-refractivity contribution < 1.29 is 22.8 Å². The van der Waals surface area contributed by atoms with Crippen molar-refractivity contribution in [2.75, 3.05) is 5.94 Å². The summed E-state index contributed by atoms with van der Waals surface area (Å²) < 4.78 is 35.4. The average molecular weight is 211 g/mol. The molecule has 0 aliphatic rings. The van der Waals surface area contributed by atoms with E-state index in [0.29, 0.717) is 12.8 Å². The zero-order chi connectivity index (χ0) is 10.5. The second kappa shape index (κ2) is 5.54. The summed E-state index contributed by atoms with van der Waals surface area (Å²) in [5.74, 6) is -0.821. The second-order valence-electron chi connectivity index (χ2n) is 2.96. The van der Waals surface area contributed by atoms with Crippen LogP contribution in [0.25, 0.3) is 0 Å². The van der Waals surface area contributed by atoms with Crippen LogP contribution in [0.3, 0.4) is 0 Å². The largest absolute Gasteiger partial charge is 0.746 e. The van der Waals surface area contributed by atoms with Crippen molar-refractivity contribution in [3.8, 4) is 0 Å². The van der Waals surface area contributed by atoms with Gasteiger partial charge in [-0.05, 0) is 19.8 Å². The van der Waals surface area contributed by atoms with E-state index < -0.39 is 22.2 Å². The number of ether oxygens (including phenoxy) is 1. The number of rotatable bonds is 6. The van der Waals surface area contributed by atoms with Crippen LogP contribution >= 0.6 is 0 Å². The van der Waals surface area contributed by atoms with Gasteiger partial charge in [0.1, 0.15) is 16.1 Å². The van der Waals surface area contributed by atoms with E-state index >= 15 is 0 Å². The van der Waals surface area contributed by atoms with Gasteiger partial charge in [0.15, 0.2) is 0 Å². The summed E-state index contributed by atoms with van der Waals surface area (Å²) >= 11 is 0. The van der Waals surface area contributed by atoms with E-state index in [1.807, 2.05) is 0 Å². The highest BCUT2D eigenvalue weighted by atomic mass is 32.2. The summed E-state index contributed by atoms with van der Waals surface area (Å²) in [7, 11) is -4.32. The van der Waals surface area contributed by atoms with Crippen LogP contribution in [0, 0.1) is 0 Å². The van der Waals surface area contributed by atoms with Crippen LogP contribution in [-0.4, -0.2) is 36.2 Å². The Morgan fingerprint density at radius 1 is 1.54 bits per heavy atom. The van der Waals surface area contributed by atoms with Crippen LogP contribution in [0.2, 0.25) is 0 Å². The average Bonchev–Trinajstić information content (AvgIpc) is 1.95. The van der Waals surface area contributed by atoms with Gasteiger partial charge in [-0.3, -0.25) is 0 Å². The summed E-state index contributed by atoms with van der Waals surface area (Å²) in [5, 5.41) is 8.98. The van der Waals surface area contributed by atoms with Crippen molar-refractivity contribution in [2.45, 2.75) is 38.9 Å². The number of aliphatic hydroxyl groups is 1. The minimum absolute atomic E-state index is 0.339. The zero-order valence-corrected chi connectivity index (χ0v) is 8.58. The Morgan fingerprint density at radius 3 is 2.38 bits per heavy atom. The van der Waals surface area contributed by atoms with E-state index in [4.69, 9.17) is 9.84 Å². The number of hydrogen-bond acceptors (Lipinski definition) is 5. The molecule has 0 fully saturated rings. The van der Waals surface area contributed by atoms with E-state index in [1.54, 1.807) is 13.8 Å². The molecular weight excluding hydrogens is 196 g/mol. The molecule has 0 rings (SSSR count). The Kier molecular flexibility index (Phi) is 5.46. The Labute approximate surface area is 78.5 Å². The van der Waals surface area contributed by atoms with Gasteiger partial charge in [-0.15, -0.1) is 0 Å². The molecule has 0 radical (unpaired) electrons. The highest BCUT2D eigenvalue weighted by Crippen LogP contribution is 2.07. The van der Waals surface area contributed by atoms with E-state index in [-0.39, 0.29) is 6.10 Å². The fourth-order valence-electron chi connectivity index (χ4n) is 0.913. The Hall–Kier alpha value is -0.170. The summed E-state index contributed by atoms with van der Waals surface area (Å²) in [5.41, 5.74) is 0. The lowest BCUT2D eigenvalue weighted by atomic mass is 10.1. The molecule has 2 atom stereocenters. The molecule has 6 heteroatoms. The predicted octanol–water partition coefficient (Wildman–Crippen LogP) is 0.0552. The first-order valence-electron chi connectivity index (χ1n) is 4.08. The van der Waals surface area contributed by atoms with Gasteiger partial charge in [-0.2, -0.15) is 0 Å². The maximum Gasteiger partial charge on any atom is 0.137 e. The van der Waals surface area contributed by atoms with Gasteiger partial charge < -0.3 is 14.4 Å². The highest BCUT2D eigenvalue weighted by molar-refractivity contribution is 7.85. The molecule has 0 aromatic carbocycles. The van der Waals surface area contributed by atoms with Gasteiger partial charge in [0.25, 0.3) is 0 Å². The molecule has 0 aliphatic carbocycles. The molecule has 80 valence electrons. The molecule has 0 amide bonds. The topological polar surface area (TPSA) is 86.7 Å². The fraction of sp³-hybridized carbons (Fsp3) is 1.00. The molecule has 0 aliphatic heterocycles. The Bertz CT molecular complexity index is 221. The standard InChI is InChI=1S/C7H16O5S/c1-3-7(4-6(2)8)12-5-13(9,10)11/h6-8H,3-5H2,1-2H3,(H,9,10,11)/p-1. The molecule has 1 N–H and O–H groups in total. The molecule has 13 heavy (non-hydrogen) atoms. The molecule has 0 heterocycles. The third-order valence-corrected chi connectivity index (χ3v) is 1.93. The SMILES string of the molecule is CCC(CC(C)O)OCS(=O)(=O)[O-]. The third kappa shape index (κ3) is 8.17. The second-order valence-corrected chi connectivity index (χ2v) is 4.31. The molecule has 0 saturated heterocycles. The smallest absolute Gasteiger partial charge is 0.137 e. The first-order chi connectivity index (χ1) is 5.85. The quantitative estimate of drug-likeness (QED) is 0.627. The summed E-state index contributed by atoms with van der Waals surface area (Å²) in [6, 6.07) is 0. The first-order valence-corrected chi connectivity index (χ1v) is 5.66. The van der Waals surface area contributed by atoms with Crippen molar-refractivity contribution >= 4 is 10.1 Å². The van der Waals surface area contributed by atoms with Gasteiger partial charge in [0.05, 0.1) is 12.2 Å². The number of hydrogen-bond donors (Lipinski definition) is 1. The van der Waals surface area contributed by atoms with E-state index in [9.17, 15) is 13.0 Å². The molecule has 2 unspecified atom stereocenters. The monoisotopic (exact) mass is 211 g/mol. The van der Waals surface area contributed by atoms with Crippen molar-refractivity contribution in [2.24, 2.45) is 0 Å². The van der Waals surface area contributed by atoms with Gasteiger partial charge in [-0.1, -0.05) is 6.92 Å². The van der Waals surface area contributed by atoms with Crippen LogP contribution in [0.15, 0.2) is 0 Å². The van der Waals surface area contributed by atoms with Crippen molar-refractivity contribution in [1.29, 1.82) is 0 Å². The molecule has 0 saturated carbocycles. The van der Waals surface area contributed by atoms with Gasteiger partial charge in [0, 0.05) is 0 Å².